The maximum absolute atomic E-state index is 3.67. The van der Waals surface area contributed by atoms with Gasteiger partial charge < -0.3 is 12.2 Å². The Hall–Kier alpha value is 0.414. The average molecular weight is 276 g/mol. The van der Waals surface area contributed by atoms with Crippen LogP contribution >= 0.6 is 12.4 Å². The molecule has 1 aromatic rings. The third kappa shape index (κ3) is 10.3. The molecule has 0 unspecified atom stereocenters. The second-order valence-electron chi connectivity index (χ2n) is 1.79. The second-order valence-corrected chi connectivity index (χ2v) is 1.79. The largest absolute Gasteiger partial charge is 0.415 e. The van der Waals surface area contributed by atoms with Crippen molar-refractivity contribution in [2.45, 2.75) is 13.8 Å². The van der Waals surface area contributed by atoms with Gasteiger partial charge in [0.2, 0.25) is 0 Å². The molecule has 1 rings (SSSR count). The summed E-state index contributed by atoms with van der Waals surface area (Å²) in [4.78, 5) is 0. The minimum Gasteiger partial charge on any atom is -0.415 e. The zero-order valence-corrected chi connectivity index (χ0v) is 11.9. The zero-order chi connectivity index (χ0) is 8.53. The second kappa shape index (κ2) is 14.9. The normalized spacial score (nSPS) is 6.69. The molecule has 0 bridgehead atoms. The molecule has 73 valence electrons. The van der Waals surface area contributed by atoms with Crippen LogP contribution in [0.1, 0.15) is 13.8 Å². The van der Waals surface area contributed by atoms with Crippen molar-refractivity contribution in [3.63, 3.8) is 0 Å². The van der Waals surface area contributed by atoms with E-state index in [4.69, 9.17) is 0 Å². The fourth-order valence-electron chi connectivity index (χ4n) is 0.700. The number of anilines is 1. The Kier molecular flexibility index (Phi) is 21.9. The zero-order valence-electron chi connectivity index (χ0n) is 8.29. The van der Waals surface area contributed by atoms with Crippen LogP contribution in [-0.2, 0) is 32.7 Å². The first kappa shape index (κ1) is 19.1. The maximum atomic E-state index is 3.67. The minimum absolute atomic E-state index is 0. The molecular formula is C10H17ClNY-. The van der Waals surface area contributed by atoms with Gasteiger partial charge in [0.05, 0.1) is 0 Å². The van der Waals surface area contributed by atoms with Crippen LogP contribution < -0.4 is 5.32 Å². The first-order valence-corrected chi connectivity index (χ1v) is 4.01. The van der Waals surface area contributed by atoms with Crippen molar-refractivity contribution in [3.8, 4) is 0 Å². The molecule has 3 heteroatoms. The van der Waals surface area contributed by atoms with E-state index in [9.17, 15) is 0 Å². The quantitative estimate of drug-likeness (QED) is 0.816. The number of benzene rings is 1. The Labute approximate surface area is 113 Å². The first-order valence-electron chi connectivity index (χ1n) is 4.01. The monoisotopic (exact) mass is 275 g/mol. The van der Waals surface area contributed by atoms with Gasteiger partial charge in [0, 0.05) is 38.4 Å². The van der Waals surface area contributed by atoms with Crippen LogP contribution in [0.4, 0.5) is 5.69 Å². The number of hydrogen-bond donors (Lipinski definition) is 1. The molecule has 0 heterocycles. The van der Waals surface area contributed by atoms with E-state index in [1.807, 2.05) is 44.2 Å². The van der Waals surface area contributed by atoms with E-state index in [-0.39, 0.29) is 45.1 Å². The molecule has 1 radical (unpaired) electrons. The number of halogens is 1. The van der Waals surface area contributed by atoms with E-state index in [2.05, 4.69) is 12.2 Å². The predicted octanol–water partition coefficient (Wildman–Crippen LogP) is 3.38. The Bertz CT molecular complexity index is 168. The predicted molar refractivity (Wildman–Crippen MR) is 58.9 cm³/mol. The van der Waals surface area contributed by atoms with Gasteiger partial charge >= 0.3 is 0 Å². The molecule has 0 saturated carbocycles. The van der Waals surface area contributed by atoms with E-state index >= 15 is 0 Å². The standard InChI is InChI=1S/C8H10N.C2H6.ClH.Y/c1-2-9-8-6-4-3-5-7-8;1-2;;/h3-7,9H,1-2H2;1-2H3;1H;/q-1;;;. The van der Waals surface area contributed by atoms with Crippen molar-refractivity contribution >= 4 is 18.1 Å². The van der Waals surface area contributed by atoms with Gasteiger partial charge in [0.25, 0.3) is 0 Å². The maximum Gasteiger partial charge on any atom is 0.0315 e. The summed E-state index contributed by atoms with van der Waals surface area (Å²) in [7, 11) is 0. The minimum atomic E-state index is 0. The smallest absolute Gasteiger partial charge is 0.0315 e. The van der Waals surface area contributed by atoms with Crippen molar-refractivity contribution in [2.75, 3.05) is 11.9 Å². The Balaban J connectivity index is -0.000000234. The van der Waals surface area contributed by atoms with Crippen molar-refractivity contribution in [1.82, 2.24) is 0 Å². The molecule has 0 aliphatic rings. The van der Waals surface area contributed by atoms with E-state index in [1.165, 1.54) is 0 Å². The molecule has 0 aromatic heterocycles. The van der Waals surface area contributed by atoms with E-state index < -0.39 is 0 Å². The molecule has 0 atom stereocenters. The molecule has 1 aromatic carbocycles. The summed E-state index contributed by atoms with van der Waals surface area (Å²) >= 11 is 0. The molecule has 13 heavy (non-hydrogen) atoms. The summed E-state index contributed by atoms with van der Waals surface area (Å²) in [6.07, 6.45) is 0. The van der Waals surface area contributed by atoms with Crippen LogP contribution in [0, 0.1) is 6.92 Å². The fourth-order valence-corrected chi connectivity index (χ4v) is 0.700. The summed E-state index contributed by atoms with van der Waals surface area (Å²) in [5.74, 6) is 0. The fraction of sp³-hybridized carbons (Fsp3) is 0.300. The van der Waals surface area contributed by atoms with Gasteiger partial charge in [-0.15, -0.1) is 19.0 Å². The van der Waals surface area contributed by atoms with Gasteiger partial charge in [-0.05, 0) is 12.1 Å². The van der Waals surface area contributed by atoms with Gasteiger partial charge in [-0.1, -0.05) is 32.0 Å². The van der Waals surface area contributed by atoms with E-state index in [0.29, 0.717) is 0 Å². The molecule has 0 aliphatic heterocycles. The van der Waals surface area contributed by atoms with E-state index in [1.54, 1.807) is 0 Å². The molecule has 0 aliphatic carbocycles. The van der Waals surface area contributed by atoms with E-state index in [0.717, 1.165) is 12.2 Å². The van der Waals surface area contributed by atoms with Gasteiger partial charge in [-0.25, -0.2) is 0 Å². The third-order valence-corrected chi connectivity index (χ3v) is 1.10. The van der Waals surface area contributed by atoms with Gasteiger partial charge in [-0.3, -0.25) is 0 Å². The SMILES string of the molecule is CC.Cl.[CH2-]CNc1ccccc1.[Y]. The van der Waals surface area contributed by atoms with Crippen LogP contribution in [0.2, 0.25) is 0 Å². The Morgan fingerprint density at radius 2 is 1.62 bits per heavy atom. The van der Waals surface area contributed by atoms with Gasteiger partial charge in [0.1, 0.15) is 0 Å². The molecule has 1 N–H and O–H groups in total. The van der Waals surface area contributed by atoms with Crippen LogP contribution in [0.15, 0.2) is 30.3 Å². The van der Waals surface area contributed by atoms with Crippen LogP contribution in [0.3, 0.4) is 0 Å². The average Bonchev–Trinajstić information content (AvgIpc) is 2.11. The van der Waals surface area contributed by atoms with Crippen LogP contribution in [0.5, 0.6) is 0 Å². The van der Waals surface area contributed by atoms with Crippen LogP contribution in [0.25, 0.3) is 0 Å². The summed E-state index contributed by atoms with van der Waals surface area (Å²) < 4.78 is 0. The topological polar surface area (TPSA) is 12.0 Å². The number of para-hydroxylation sites is 1. The summed E-state index contributed by atoms with van der Waals surface area (Å²) in [6.45, 7) is 8.41. The third-order valence-electron chi connectivity index (χ3n) is 1.10. The Morgan fingerprint density at radius 1 is 1.15 bits per heavy atom. The van der Waals surface area contributed by atoms with Gasteiger partial charge in [0.15, 0.2) is 0 Å². The van der Waals surface area contributed by atoms with Gasteiger partial charge in [-0.2, -0.15) is 0 Å². The van der Waals surface area contributed by atoms with Crippen molar-refractivity contribution in [1.29, 1.82) is 0 Å². The molecule has 0 fully saturated rings. The van der Waals surface area contributed by atoms with Crippen molar-refractivity contribution in [3.05, 3.63) is 37.3 Å². The Morgan fingerprint density at radius 3 is 2.00 bits per heavy atom. The van der Waals surface area contributed by atoms with Crippen molar-refractivity contribution in [2.24, 2.45) is 0 Å². The number of rotatable bonds is 2. The molecule has 1 nitrogen and oxygen atoms in total. The number of hydrogen-bond acceptors (Lipinski definition) is 1. The molecule has 0 spiro atoms. The molecule has 0 amide bonds. The first-order chi connectivity index (χ1) is 5.43. The van der Waals surface area contributed by atoms with Crippen LogP contribution in [-0.4, -0.2) is 6.54 Å². The summed E-state index contributed by atoms with van der Waals surface area (Å²) in [6, 6.07) is 10.0. The van der Waals surface area contributed by atoms with Crippen molar-refractivity contribution < 1.29 is 32.7 Å². The summed E-state index contributed by atoms with van der Waals surface area (Å²) in [5, 5.41) is 3.10. The summed E-state index contributed by atoms with van der Waals surface area (Å²) in [5.41, 5.74) is 1.13. The molecular weight excluding hydrogens is 258 g/mol. The molecule has 0 saturated heterocycles. The number of nitrogens with one attached hydrogen (secondary N) is 1.